The molecule has 0 aliphatic rings. The first-order valence-electron chi connectivity index (χ1n) is 8.60. The lowest BCUT2D eigenvalue weighted by molar-refractivity contribution is 0.0954. The number of nitrogens with one attached hydrogen (secondary N) is 3. The molecule has 3 aromatic rings. The van der Waals surface area contributed by atoms with E-state index in [0.29, 0.717) is 16.4 Å². The number of thiocarbonyl (C=S) groups is 1. The van der Waals surface area contributed by atoms with Gasteiger partial charge >= 0.3 is 0 Å². The highest BCUT2D eigenvalue weighted by Gasteiger charge is 2.05. The van der Waals surface area contributed by atoms with E-state index in [-0.39, 0.29) is 5.91 Å². The Kier molecular flexibility index (Phi) is 6.43. The van der Waals surface area contributed by atoms with Gasteiger partial charge in [0.2, 0.25) is 0 Å². The fourth-order valence-corrected chi connectivity index (χ4v) is 2.61. The van der Waals surface area contributed by atoms with Crippen molar-refractivity contribution in [3.05, 3.63) is 90.3 Å². The van der Waals surface area contributed by atoms with Gasteiger partial charge in [-0.15, -0.1) is 0 Å². The number of hydrogen-bond donors (Lipinski definition) is 3. The number of amides is 1. The minimum atomic E-state index is -0.280. The molecular formula is C21H19N5OS. The maximum Gasteiger partial charge on any atom is 0.271 e. The van der Waals surface area contributed by atoms with Crippen LogP contribution in [-0.2, 0) is 0 Å². The zero-order valence-corrected chi connectivity index (χ0v) is 16.0. The second-order valence-electron chi connectivity index (χ2n) is 5.90. The summed E-state index contributed by atoms with van der Waals surface area (Å²) in [5, 5.41) is 10.9. The van der Waals surface area contributed by atoms with E-state index in [1.54, 1.807) is 24.5 Å². The van der Waals surface area contributed by atoms with Crippen molar-refractivity contribution >= 4 is 40.3 Å². The van der Waals surface area contributed by atoms with Crippen molar-refractivity contribution in [2.75, 3.05) is 10.6 Å². The van der Waals surface area contributed by atoms with Crippen LogP contribution in [0.5, 0.6) is 0 Å². The van der Waals surface area contributed by atoms with E-state index in [0.717, 1.165) is 16.9 Å². The Morgan fingerprint density at radius 3 is 2.11 bits per heavy atom. The smallest absolute Gasteiger partial charge is 0.271 e. The van der Waals surface area contributed by atoms with Crippen molar-refractivity contribution in [2.24, 2.45) is 5.10 Å². The fourth-order valence-electron chi connectivity index (χ4n) is 2.38. The molecule has 7 heteroatoms. The van der Waals surface area contributed by atoms with Crippen molar-refractivity contribution in [3.63, 3.8) is 0 Å². The number of benzene rings is 2. The molecule has 140 valence electrons. The molecule has 1 amide bonds. The molecule has 0 saturated carbocycles. The summed E-state index contributed by atoms with van der Waals surface area (Å²) in [4.78, 5) is 15.9. The minimum absolute atomic E-state index is 0.280. The monoisotopic (exact) mass is 389 g/mol. The maximum atomic E-state index is 12.0. The van der Waals surface area contributed by atoms with Gasteiger partial charge in [0.05, 0.1) is 5.71 Å². The number of hydrogen-bond acceptors (Lipinski definition) is 4. The number of hydrazone groups is 1. The lowest BCUT2D eigenvalue weighted by Crippen LogP contribution is -2.19. The molecule has 1 aromatic heterocycles. The number of rotatable bonds is 5. The van der Waals surface area contributed by atoms with E-state index < -0.39 is 0 Å². The molecule has 0 aliphatic heterocycles. The molecule has 0 saturated heterocycles. The molecule has 2 aromatic carbocycles. The third-order valence-corrected chi connectivity index (χ3v) is 4.06. The van der Waals surface area contributed by atoms with Gasteiger partial charge in [-0.05, 0) is 61.1 Å². The number of anilines is 2. The summed E-state index contributed by atoms with van der Waals surface area (Å²) in [6, 6.07) is 20.6. The van der Waals surface area contributed by atoms with Crippen LogP contribution in [0.15, 0.2) is 84.2 Å². The first-order chi connectivity index (χ1) is 13.6. The summed E-state index contributed by atoms with van der Waals surface area (Å²) in [5.74, 6) is -0.280. The highest BCUT2D eigenvalue weighted by atomic mass is 32.1. The molecule has 0 unspecified atom stereocenters. The number of para-hydroxylation sites is 1. The average molecular weight is 389 g/mol. The summed E-state index contributed by atoms with van der Waals surface area (Å²) in [6.07, 6.45) is 3.13. The van der Waals surface area contributed by atoms with Crippen molar-refractivity contribution in [2.45, 2.75) is 6.92 Å². The van der Waals surface area contributed by atoms with Gasteiger partial charge < -0.3 is 10.6 Å². The standard InChI is InChI=1S/C21H19N5OS/c1-15(25-26-20(27)17-11-13-22-14-12-17)16-7-9-19(10-8-16)24-21(28)23-18-5-3-2-4-6-18/h2-14H,1H3,(H,26,27)(H2,23,24,28)/b25-15-. The molecule has 0 radical (unpaired) electrons. The average Bonchev–Trinajstić information content (AvgIpc) is 2.73. The van der Waals surface area contributed by atoms with Gasteiger partial charge in [-0.25, -0.2) is 5.43 Å². The molecule has 0 fully saturated rings. The predicted octanol–water partition coefficient (Wildman–Crippen LogP) is 4.04. The van der Waals surface area contributed by atoms with Crippen LogP contribution >= 0.6 is 12.2 Å². The van der Waals surface area contributed by atoms with Crippen LogP contribution in [0.2, 0.25) is 0 Å². The Labute approximate surface area is 168 Å². The van der Waals surface area contributed by atoms with Crippen LogP contribution < -0.4 is 16.1 Å². The van der Waals surface area contributed by atoms with Gasteiger partial charge in [0, 0.05) is 29.3 Å². The van der Waals surface area contributed by atoms with Gasteiger partial charge in [0.25, 0.3) is 5.91 Å². The molecule has 3 N–H and O–H groups in total. The normalized spacial score (nSPS) is 10.8. The van der Waals surface area contributed by atoms with Crippen molar-refractivity contribution < 1.29 is 4.79 Å². The topological polar surface area (TPSA) is 78.4 Å². The van der Waals surface area contributed by atoms with Crippen LogP contribution in [0.1, 0.15) is 22.8 Å². The predicted molar refractivity (Wildman–Crippen MR) is 117 cm³/mol. The number of carbonyl (C=O) groups excluding carboxylic acids is 1. The van der Waals surface area contributed by atoms with Gasteiger partial charge in [0.15, 0.2) is 5.11 Å². The molecular weight excluding hydrogens is 370 g/mol. The Morgan fingerprint density at radius 2 is 1.46 bits per heavy atom. The lowest BCUT2D eigenvalue weighted by Gasteiger charge is -2.11. The SMILES string of the molecule is C/C(=N/NC(=O)c1ccncc1)c1ccc(NC(=S)Nc2ccccc2)cc1. The van der Waals surface area contributed by atoms with E-state index in [2.05, 4.69) is 26.1 Å². The van der Waals surface area contributed by atoms with Crippen LogP contribution in [0.25, 0.3) is 0 Å². The maximum absolute atomic E-state index is 12.0. The largest absolute Gasteiger partial charge is 0.332 e. The van der Waals surface area contributed by atoms with Crippen molar-refractivity contribution in [1.29, 1.82) is 0 Å². The Hall–Kier alpha value is -3.58. The van der Waals surface area contributed by atoms with Crippen LogP contribution in [-0.4, -0.2) is 21.7 Å². The Morgan fingerprint density at radius 1 is 0.857 bits per heavy atom. The lowest BCUT2D eigenvalue weighted by atomic mass is 10.1. The van der Waals surface area contributed by atoms with E-state index in [1.807, 2.05) is 61.5 Å². The highest BCUT2D eigenvalue weighted by molar-refractivity contribution is 7.80. The molecule has 0 atom stereocenters. The second kappa shape index (κ2) is 9.38. The van der Waals surface area contributed by atoms with Gasteiger partial charge in [-0.2, -0.15) is 5.10 Å². The van der Waals surface area contributed by atoms with Gasteiger partial charge in [0.1, 0.15) is 0 Å². The Balaban J connectivity index is 1.57. The van der Waals surface area contributed by atoms with E-state index in [9.17, 15) is 4.79 Å². The molecule has 0 spiro atoms. The zero-order chi connectivity index (χ0) is 19.8. The third-order valence-electron chi connectivity index (χ3n) is 3.86. The molecule has 3 rings (SSSR count). The number of carbonyl (C=O) groups is 1. The summed E-state index contributed by atoms with van der Waals surface area (Å²) < 4.78 is 0. The van der Waals surface area contributed by atoms with Crippen LogP contribution in [0.3, 0.4) is 0 Å². The molecule has 0 aliphatic carbocycles. The van der Waals surface area contributed by atoms with Crippen LogP contribution in [0, 0.1) is 0 Å². The Bertz CT molecular complexity index is 973. The molecule has 6 nitrogen and oxygen atoms in total. The summed E-state index contributed by atoms with van der Waals surface area (Å²) in [7, 11) is 0. The first-order valence-corrected chi connectivity index (χ1v) is 9.01. The second-order valence-corrected chi connectivity index (χ2v) is 6.30. The zero-order valence-electron chi connectivity index (χ0n) is 15.2. The van der Waals surface area contributed by atoms with E-state index in [1.165, 1.54) is 0 Å². The quantitative estimate of drug-likeness (QED) is 0.349. The van der Waals surface area contributed by atoms with E-state index >= 15 is 0 Å². The number of nitrogens with zero attached hydrogens (tertiary/aromatic N) is 2. The molecule has 0 bridgehead atoms. The molecule has 28 heavy (non-hydrogen) atoms. The summed E-state index contributed by atoms with van der Waals surface area (Å²) >= 11 is 5.32. The van der Waals surface area contributed by atoms with Gasteiger partial charge in [-0.3, -0.25) is 9.78 Å². The fraction of sp³-hybridized carbons (Fsp3) is 0.0476. The highest BCUT2D eigenvalue weighted by Crippen LogP contribution is 2.12. The summed E-state index contributed by atoms with van der Waals surface area (Å²) in [6.45, 7) is 1.83. The van der Waals surface area contributed by atoms with E-state index in [4.69, 9.17) is 12.2 Å². The molecule has 1 heterocycles. The van der Waals surface area contributed by atoms with Gasteiger partial charge in [-0.1, -0.05) is 30.3 Å². The number of pyridine rings is 1. The van der Waals surface area contributed by atoms with Crippen LogP contribution in [0.4, 0.5) is 11.4 Å². The number of aromatic nitrogens is 1. The summed E-state index contributed by atoms with van der Waals surface area (Å²) in [5.41, 5.74) is 6.41. The third kappa shape index (κ3) is 5.46. The van der Waals surface area contributed by atoms with Crippen molar-refractivity contribution in [3.8, 4) is 0 Å². The first kappa shape index (κ1) is 19.2. The minimum Gasteiger partial charge on any atom is -0.332 e. The van der Waals surface area contributed by atoms with Crippen molar-refractivity contribution in [1.82, 2.24) is 10.4 Å².